The average Bonchev–Trinajstić information content (AvgIpc) is 3.00. The highest BCUT2D eigenvalue weighted by molar-refractivity contribution is 6.07. The smallest absolute Gasteiger partial charge is 0.250 e. The zero-order valence-electron chi connectivity index (χ0n) is 15.1. The van der Waals surface area contributed by atoms with Gasteiger partial charge in [0, 0.05) is 25.7 Å². The number of hydrogen-bond donors (Lipinski definition) is 1. The number of amides is 1. The van der Waals surface area contributed by atoms with E-state index in [0.717, 1.165) is 5.56 Å². The van der Waals surface area contributed by atoms with Crippen LogP contribution in [0.25, 0.3) is 10.9 Å². The van der Waals surface area contributed by atoms with E-state index in [9.17, 15) is 9.59 Å². The zero-order chi connectivity index (χ0) is 18.8. The largest absolute Gasteiger partial charge is 0.348 e. The van der Waals surface area contributed by atoms with Crippen molar-refractivity contribution in [2.24, 2.45) is 7.05 Å². The Morgan fingerprint density at radius 1 is 1.35 bits per heavy atom. The van der Waals surface area contributed by atoms with Crippen molar-refractivity contribution in [2.75, 3.05) is 0 Å². The number of nitrogens with one attached hydrogen (secondary N) is 1. The fourth-order valence-electron chi connectivity index (χ4n) is 2.81. The first-order valence-corrected chi connectivity index (χ1v) is 8.14. The van der Waals surface area contributed by atoms with E-state index >= 15 is 0 Å². The van der Waals surface area contributed by atoms with Gasteiger partial charge in [-0.2, -0.15) is 5.10 Å². The van der Waals surface area contributed by atoms with Crippen molar-refractivity contribution in [3.8, 4) is 11.8 Å². The number of nitrogens with zero attached hydrogens (tertiary/aromatic N) is 4. The second-order valence-electron chi connectivity index (χ2n) is 6.11. The second kappa shape index (κ2) is 6.88. The summed E-state index contributed by atoms with van der Waals surface area (Å²) in [6, 6.07) is 5.01. The number of benzene rings is 1. The van der Waals surface area contributed by atoms with Crippen molar-refractivity contribution in [3.63, 3.8) is 0 Å². The van der Waals surface area contributed by atoms with Gasteiger partial charge in [0.05, 0.1) is 28.7 Å². The number of carbonyl (C=O) groups is 1. The Balaban J connectivity index is 2.14. The number of rotatable bonds is 2. The van der Waals surface area contributed by atoms with E-state index in [0.29, 0.717) is 22.3 Å². The van der Waals surface area contributed by atoms with Crippen LogP contribution in [-0.2, 0) is 11.8 Å². The standard InChI is InChI=1S/C18H18BN5O2/c1-11(21-12(2)25)17-22-15-6-4-5-14(16(15)18(26)24(17)19)8-7-13-9-20-23(3)10-13/h4-6,9-11H,19H2,1-3H3,(H,21,25)/t11-/m0/s1. The van der Waals surface area contributed by atoms with Gasteiger partial charge in [0.25, 0.3) is 0 Å². The van der Waals surface area contributed by atoms with Crippen LogP contribution in [0.5, 0.6) is 0 Å². The zero-order valence-corrected chi connectivity index (χ0v) is 15.1. The molecule has 8 heteroatoms. The first kappa shape index (κ1) is 17.5. The molecule has 0 saturated carbocycles. The normalized spacial score (nSPS) is 11.7. The molecule has 0 saturated heterocycles. The van der Waals surface area contributed by atoms with Gasteiger partial charge in [-0.3, -0.25) is 14.3 Å². The third-order valence-corrected chi connectivity index (χ3v) is 3.99. The molecule has 1 aromatic carbocycles. The lowest BCUT2D eigenvalue weighted by atomic mass is 10.1. The lowest BCUT2D eigenvalue weighted by Crippen LogP contribution is -2.32. The molecule has 1 N–H and O–H groups in total. The van der Waals surface area contributed by atoms with Crippen LogP contribution in [-0.4, -0.2) is 33.1 Å². The summed E-state index contributed by atoms with van der Waals surface area (Å²) in [5.41, 5.74) is 1.74. The molecular weight excluding hydrogens is 329 g/mol. The molecule has 2 aromatic heterocycles. The lowest BCUT2D eigenvalue weighted by molar-refractivity contribution is -0.119. The Labute approximate surface area is 151 Å². The fourth-order valence-corrected chi connectivity index (χ4v) is 2.81. The maximum absolute atomic E-state index is 12.9. The molecule has 0 spiro atoms. The number of aromatic nitrogens is 4. The van der Waals surface area contributed by atoms with Crippen LogP contribution in [0, 0.1) is 11.8 Å². The van der Waals surface area contributed by atoms with Gasteiger partial charge in [-0.15, -0.1) is 0 Å². The van der Waals surface area contributed by atoms with E-state index in [-0.39, 0.29) is 17.5 Å². The minimum Gasteiger partial charge on any atom is -0.348 e. The molecule has 7 nitrogen and oxygen atoms in total. The maximum Gasteiger partial charge on any atom is 0.250 e. The molecule has 0 radical (unpaired) electrons. The Morgan fingerprint density at radius 2 is 2.12 bits per heavy atom. The molecule has 0 unspecified atom stereocenters. The molecule has 26 heavy (non-hydrogen) atoms. The van der Waals surface area contributed by atoms with Crippen LogP contribution in [0.2, 0.25) is 0 Å². The monoisotopic (exact) mass is 347 g/mol. The van der Waals surface area contributed by atoms with E-state index < -0.39 is 0 Å². The summed E-state index contributed by atoms with van der Waals surface area (Å²) in [6.07, 6.45) is 3.48. The molecular formula is C18H18BN5O2. The molecule has 0 aliphatic rings. The van der Waals surface area contributed by atoms with Crippen molar-refractivity contribution < 1.29 is 4.79 Å². The van der Waals surface area contributed by atoms with Crippen molar-refractivity contribution >= 4 is 24.8 Å². The predicted molar refractivity (Wildman–Crippen MR) is 101 cm³/mol. The molecule has 0 fully saturated rings. The molecule has 0 aliphatic carbocycles. The summed E-state index contributed by atoms with van der Waals surface area (Å²) in [5.74, 6) is 6.38. The highest BCUT2D eigenvalue weighted by atomic mass is 16.1. The molecule has 1 atom stereocenters. The van der Waals surface area contributed by atoms with Gasteiger partial charge in [-0.1, -0.05) is 17.9 Å². The van der Waals surface area contributed by atoms with Crippen LogP contribution < -0.4 is 10.9 Å². The van der Waals surface area contributed by atoms with Crippen LogP contribution in [0.4, 0.5) is 0 Å². The number of carbonyl (C=O) groups excluding carboxylic acids is 1. The van der Waals surface area contributed by atoms with Gasteiger partial charge < -0.3 is 9.79 Å². The highest BCUT2D eigenvalue weighted by Crippen LogP contribution is 2.16. The Bertz CT molecular complexity index is 1120. The minimum absolute atomic E-state index is 0.178. The van der Waals surface area contributed by atoms with Crippen molar-refractivity contribution in [1.29, 1.82) is 0 Å². The van der Waals surface area contributed by atoms with Gasteiger partial charge in [-0.05, 0) is 19.1 Å². The van der Waals surface area contributed by atoms with E-state index in [2.05, 4.69) is 27.2 Å². The van der Waals surface area contributed by atoms with E-state index in [1.165, 1.54) is 11.4 Å². The summed E-state index contributed by atoms with van der Waals surface area (Å²) in [4.78, 5) is 28.8. The van der Waals surface area contributed by atoms with E-state index in [4.69, 9.17) is 0 Å². The van der Waals surface area contributed by atoms with Crippen molar-refractivity contribution in [2.45, 2.75) is 19.9 Å². The number of hydrogen-bond acceptors (Lipinski definition) is 4. The highest BCUT2D eigenvalue weighted by Gasteiger charge is 2.16. The average molecular weight is 347 g/mol. The molecule has 0 bridgehead atoms. The third-order valence-electron chi connectivity index (χ3n) is 3.99. The topological polar surface area (TPSA) is 81.8 Å². The van der Waals surface area contributed by atoms with Gasteiger partial charge >= 0.3 is 0 Å². The maximum atomic E-state index is 12.9. The van der Waals surface area contributed by atoms with Crippen LogP contribution in [0.15, 0.2) is 35.4 Å². The first-order valence-electron chi connectivity index (χ1n) is 8.14. The van der Waals surface area contributed by atoms with E-state index in [1.807, 2.05) is 19.3 Å². The Hall–Kier alpha value is -3.34. The van der Waals surface area contributed by atoms with Crippen LogP contribution >= 0.6 is 0 Å². The fraction of sp³-hybridized carbons (Fsp3) is 0.222. The Morgan fingerprint density at radius 3 is 2.77 bits per heavy atom. The Kier molecular flexibility index (Phi) is 4.63. The quantitative estimate of drug-likeness (QED) is 0.528. The van der Waals surface area contributed by atoms with Crippen molar-refractivity contribution in [1.82, 2.24) is 24.6 Å². The molecule has 3 rings (SSSR count). The minimum atomic E-state index is -0.375. The summed E-state index contributed by atoms with van der Waals surface area (Å²) < 4.78 is 3.13. The molecule has 2 heterocycles. The number of aryl methyl sites for hydroxylation is 1. The summed E-state index contributed by atoms with van der Waals surface area (Å²) in [6.45, 7) is 3.23. The van der Waals surface area contributed by atoms with Crippen LogP contribution in [0.1, 0.15) is 36.8 Å². The lowest BCUT2D eigenvalue weighted by Gasteiger charge is -2.17. The van der Waals surface area contributed by atoms with Crippen LogP contribution in [0.3, 0.4) is 0 Å². The number of fused-ring (bicyclic) bond motifs is 1. The van der Waals surface area contributed by atoms with Gasteiger partial charge in [-0.25, -0.2) is 4.98 Å². The first-order chi connectivity index (χ1) is 12.4. The summed E-state index contributed by atoms with van der Waals surface area (Å²) in [5, 5.41) is 7.30. The molecule has 1 amide bonds. The predicted octanol–water partition coefficient (Wildman–Crippen LogP) is 0.123. The van der Waals surface area contributed by atoms with Crippen molar-refractivity contribution in [3.05, 3.63) is 57.9 Å². The second-order valence-corrected chi connectivity index (χ2v) is 6.11. The molecule has 3 aromatic rings. The van der Waals surface area contributed by atoms with Gasteiger partial charge in [0.15, 0.2) is 0 Å². The molecule has 130 valence electrons. The van der Waals surface area contributed by atoms with Gasteiger partial charge in [0.1, 0.15) is 5.82 Å². The SMILES string of the molecule is Bn1c([C@H](C)NC(C)=O)nc2cccc(C#Cc3cnn(C)c3)c2c1=O. The molecule has 0 aliphatic heterocycles. The third kappa shape index (κ3) is 3.37. The van der Waals surface area contributed by atoms with E-state index in [1.54, 1.807) is 37.9 Å². The summed E-state index contributed by atoms with van der Waals surface area (Å²) in [7, 11) is 3.47. The summed E-state index contributed by atoms with van der Waals surface area (Å²) >= 11 is 0. The van der Waals surface area contributed by atoms with Gasteiger partial charge in [0.2, 0.25) is 19.4 Å².